The van der Waals surface area contributed by atoms with Crippen molar-refractivity contribution in [1.29, 1.82) is 0 Å². The molecule has 3 amide bonds. The Morgan fingerprint density at radius 3 is 2.07 bits per heavy atom. The van der Waals surface area contributed by atoms with Gasteiger partial charge in [0.05, 0.1) is 27.8 Å². The first kappa shape index (κ1) is 34.2. The fraction of sp³-hybridized carbons (Fsp3) is 0.222. The molecule has 0 unspecified atom stereocenters. The summed E-state index contributed by atoms with van der Waals surface area (Å²) in [5, 5.41) is 5.18. The van der Waals surface area contributed by atoms with Crippen LogP contribution in [0.2, 0.25) is 5.02 Å². The van der Waals surface area contributed by atoms with Crippen LogP contribution >= 0.6 is 34.8 Å². The summed E-state index contributed by atoms with van der Waals surface area (Å²) >= 11 is 18.6. The lowest BCUT2D eigenvalue weighted by Gasteiger charge is -2.15. The number of hydrogen-bond donors (Lipinski definition) is 3. The number of nitrogens with one attached hydrogen (secondary N) is 3. The first-order valence-corrected chi connectivity index (χ1v) is 13.3. The number of hydrogen-bond acceptors (Lipinski definition) is 3. The minimum Gasteiger partial charge on any atom is -0.326 e. The van der Waals surface area contributed by atoms with E-state index in [1.807, 2.05) is 5.32 Å². The number of rotatable bonds is 6. The van der Waals surface area contributed by atoms with Crippen molar-refractivity contribution >= 4 is 69.6 Å². The minimum absolute atomic E-state index is 0.116. The number of carbonyl (C=O) groups excluding carboxylic acids is 3. The maximum absolute atomic E-state index is 14.8. The van der Waals surface area contributed by atoms with Crippen molar-refractivity contribution in [3.05, 3.63) is 87.2 Å². The van der Waals surface area contributed by atoms with Crippen LogP contribution in [0.5, 0.6) is 0 Å². The lowest BCUT2D eigenvalue weighted by Crippen LogP contribution is -2.31. The largest absolute Gasteiger partial charge is 0.471 e. The normalized spacial score (nSPS) is 17.4. The van der Waals surface area contributed by atoms with Gasteiger partial charge in [-0.2, -0.15) is 26.3 Å². The Morgan fingerprint density at radius 2 is 1.47 bits per heavy atom. The molecule has 1 saturated carbocycles. The van der Waals surface area contributed by atoms with E-state index in [1.165, 1.54) is 13.0 Å². The van der Waals surface area contributed by atoms with Gasteiger partial charge in [-0.05, 0) is 54.4 Å². The van der Waals surface area contributed by atoms with Gasteiger partial charge in [0, 0.05) is 11.6 Å². The molecule has 45 heavy (non-hydrogen) atoms. The van der Waals surface area contributed by atoms with Gasteiger partial charge in [0.2, 0.25) is 5.91 Å². The van der Waals surface area contributed by atoms with Crippen LogP contribution in [0.3, 0.4) is 0 Å². The third-order valence-corrected chi connectivity index (χ3v) is 8.04. The molecule has 0 bridgehead atoms. The standard InChI is InChI=1S/C27H15Cl3F9N3O3/c1-9-6-11(40-23(44)18-17(25(18,29)30)10-2-3-14(31)13(7-10)26(34,35)36)8-12(19(9)28)22(43)41-16-5-4-15(32)21(20(16)33)42-24(45)27(37,38)39/h2-8,17-18H,1H3,(H,40,44)(H,41,43)(H,42,45)/t17-,18+/m0/s1. The van der Waals surface area contributed by atoms with Gasteiger partial charge in [-0.15, -0.1) is 23.2 Å². The minimum atomic E-state index is -5.48. The fourth-order valence-electron chi connectivity index (χ4n) is 4.39. The summed E-state index contributed by atoms with van der Waals surface area (Å²) in [6.07, 6.45) is -10.5. The predicted octanol–water partition coefficient (Wildman–Crippen LogP) is 8.36. The average Bonchev–Trinajstić information content (AvgIpc) is 3.50. The summed E-state index contributed by atoms with van der Waals surface area (Å²) in [6.45, 7) is 1.39. The molecule has 1 fully saturated rings. The molecular weight excluding hydrogens is 692 g/mol. The van der Waals surface area contributed by atoms with E-state index in [2.05, 4.69) is 5.32 Å². The molecule has 2 atom stereocenters. The monoisotopic (exact) mass is 705 g/mol. The predicted molar refractivity (Wildman–Crippen MR) is 146 cm³/mol. The van der Waals surface area contributed by atoms with Crippen molar-refractivity contribution in [2.45, 2.75) is 29.5 Å². The van der Waals surface area contributed by atoms with Crippen LogP contribution in [0.1, 0.15) is 33.0 Å². The zero-order chi connectivity index (χ0) is 33.8. The molecule has 0 aromatic heterocycles. The van der Waals surface area contributed by atoms with Crippen molar-refractivity contribution in [3.63, 3.8) is 0 Å². The summed E-state index contributed by atoms with van der Waals surface area (Å²) in [6, 6.07) is 5.44. The Balaban J connectivity index is 1.57. The second-order valence-electron chi connectivity index (χ2n) is 9.70. The van der Waals surface area contributed by atoms with E-state index in [-0.39, 0.29) is 21.8 Å². The zero-order valence-corrected chi connectivity index (χ0v) is 24.2. The molecule has 4 rings (SSSR count). The van der Waals surface area contributed by atoms with E-state index >= 15 is 0 Å². The molecule has 3 N–H and O–H groups in total. The lowest BCUT2D eigenvalue weighted by molar-refractivity contribution is -0.167. The third-order valence-electron chi connectivity index (χ3n) is 6.59. The van der Waals surface area contributed by atoms with E-state index in [1.54, 1.807) is 0 Å². The number of carbonyl (C=O) groups is 3. The lowest BCUT2D eigenvalue weighted by atomic mass is 10.0. The van der Waals surface area contributed by atoms with E-state index in [4.69, 9.17) is 34.8 Å². The molecule has 3 aromatic carbocycles. The number of aryl methyl sites for hydroxylation is 1. The Bertz CT molecular complexity index is 1730. The highest BCUT2D eigenvalue weighted by Gasteiger charge is 2.67. The van der Waals surface area contributed by atoms with Gasteiger partial charge in [-0.1, -0.05) is 17.7 Å². The molecule has 0 spiro atoms. The highest BCUT2D eigenvalue weighted by molar-refractivity contribution is 6.53. The SMILES string of the molecule is Cc1cc(NC(=O)[C@H]2[C@H](c3ccc(F)c(C(F)(F)F)c3)C2(Cl)Cl)cc(C(=O)Nc2ccc(F)c(NC(=O)C(F)(F)F)c2F)c1Cl. The number of alkyl halides is 8. The van der Waals surface area contributed by atoms with E-state index < -0.39 is 86.2 Å². The van der Waals surface area contributed by atoms with Crippen LogP contribution in [0, 0.1) is 30.3 Å². The Kier molecular flexibility index (Phi) is 9.05. The number of anilines is 3. The van der Waals surface area contributed by atoms with Crippen molar-refractivity contribution in [1.82, 2.24) is 0 Å². The molecular formula is C27H15Cl3F9N3O3. The summed E-state index contributed by atoms with van der Waals surface area (Å²) in [5.74, 6) is -12.2. The maximum atomic E-state index is 14.8. The molecule has 18 heteroatoms. The number of amides is 3. The highest BCUT2D eigenvalue weighted by Crippen LogP contribution is 2.65. The average molecular weight is 707 g/mol. The van der Waals surface area contributed by atoms with E-state index in [9.17, 15) is 53.9 Å². The van der Waals surface area contributed by atoms with Crippen molar-refractivity contribution in [2.75, 3.05) is 16.0 Å². The fourth-order valence-corrected chi connectivity index (χ4v) is 5.41. The van der Waals surface area contributed by atoms with Gasteiger partial charge in [-0.3, -0.25) is 14.4 Å². The summed E-state index contributed by atoms with van der Waals surface area (Å²) in [5.41, 5.74) is -4.48. The van der Waals surface area contributed by atoms with E-state index in [0.717, 1.165) is 17.4 Å². The quantitative estimate of drug-likeness (QED) is 0.178. The molecule has 6 nitrogen and oxygen atoms in total. The Morgan fingerprint density at radius 1 is 0.844 bits per heavy atom. The number of benzene rings is 3. The molecule has 1 aliphatic rings. The van der Waals surface area contributed by atoms with E-state index in [0.29, 0.717) is 24.3 Å². The topological polar surface area (TPSA) is 87.3 Å². The van der Waals surface area contributed by atoms with Gasteiger partial charge in [0.1, 0.15) is 21.7 Å². The van der Waals surface area contributed by atoms with Gasteiger partial charge in [0.15, 0.2) is 5.82 Å². The highest BCUT2D eigenvalue weighted by atomic mass is 35.5. The maximum Gasteiger partial charge on any atom is 0.471 e. The summed E-state index contributed by atoms with van der Waals surface area (Å²) in [4.78, 5) is 37.2. The van der Waals surface area contributed by atoms with Gasteiger partial charge >= 0.3 is 18.3 Å². The van der Waals surface area contributed by atoms with Crippen LogP contribution < -0.4 is 16.0 Å². The van der Waals surface area contributed by atoms with Crippen molar-refractivity contribution in [2.24, 2.45) is 5.92 Å². The first-order valence-electron chi connectivity index (χ1n) is 12.2. The summed E-state index contributed by atoms with van der Waals surface area (Å²) in [7, 11) is 0. The summed E-state index contributed by atoms with van der Waals surface area (Å²) < 4.78 is 118. The molecule has 0 heterocycles. The van der Waals surface area contributed by atoms with Crippen molar-refractivity contribution in [3.8, 4) is 0 Å². The zero-order valence-electron chi connectivity index (χ0n) is 22.0. The van der Waals surface area contributed by atoms with Crippen LogP contribution in [-0.2, 0) is 15.8 Å². The molecule has 0 aliphatic heterocycles. The number of halogens is 12. The molecule has 240 valence electrons. The van der Waals surface area contributed by atoms with Crippen LogP contribution in [0.25, 0.3) is 0 Å². The Labute approximate surface area is 261 Å². The van der Waals surface area contributed by atoms with Crippen LogP contribution in [-0.4, -0.2) is 28.2 Å². The second-order valence-corrected chi connectivity index (χ2v) is 11.5. The van der Waals surface area contributed by atoms with Gasteiger partial charge in [0.25, 0.3) is 5.91 Å². The van der Waals surface area contributed by atoms with Gasteiger partial charge < -0.3 is 16.0 Å². The smallest absolute Gasteiger partial charge is 0.326 e. The van der Waals surface area contributed by atoms with Gasteiger partial charge in [-0.25, -0.2) is 13.2 Å². The molecule has 0 radical (unpaired) electrons. The van der Waals surface area contributed by atoms with Crippen LogP contribution in [0.15, 0.2) is 42.5 Å². The molecule has 1 aliphatic carbocycles. The second kappa shape index (κ2) is 11.9. The molecule has 3 aromatic rings. The van der Waals surface area contributed by atoms with Crippen LogP contribution in [0.4, 0.5) is 56.6 Å². The van der Waals surface area contributed by atoms with Crippen molar-refractivity contribution < 1.29 is 53.9 Å². The molecule has 0 saturated heterocycles. The first-order chi connectivity index (χ1) is 20.6. The Hall–Kier alpha value is -3.69. The third kappa shape index (κ3) is 6.94.